The molecule has 0 aromatic carbocycles. The highest BCUT2D eigenvalue weighted by Gasteiger charge is 2.43. The molecule has 1 amide bonds. The lowest BCUT2D eigenvalue weighted by Gasteiger charge is -2.15. The Hall–Kier alpha value is -3.13. The van der Waals surface area contributed by atoms with Crippen LogP contribution in [0.3, 0.4) is 0 Å². The van der Waals surface area contributed by atoms with Gasteiger partial charge in [-0.25, -0.2) is 9.97 Å². The molecule has 1 fully saturated rings. The van der Waals surface area contributed by atoms with E-state index in [-0.39, 0.29) is 11.8 Å². The summed E-state index contributed by atoms with van der Waals surface area (Å²) in [6, 6.07) is 3.95. The second kappa shape index (κ2) is 8.19. The predicted octanol–water partition coefficient (Wildman–Crippen LogP) is 3.10. The Morgan fingerprint density at radius 2 is 2.00 bits per heavy atom. The van der Waals surface area contributed by atoms with Crippen LogP contribution in [0.15, 0.2) is 24.5 Å². The Balaban J connectivity index is 1.65. The molecular weight excluding hydrogens is 394 g/mol. The van der Waals surface area contributed by atoms with Gasteiger partial charge in [-0.3, -0.25) is 4.79 Å². The van der Waals surface area contributed by atoms with Crippen molar-refractivity contribution < 1.29 is 14.3 Å². The molecular formula is C23H29N5O3. The predicted molar refractivity (Wildman–Crippen MR) is 121 cm³/mol. The highest BCUT2D eigenvalue weighted by molar-refractivity contribution is 5.96. The minimum Gasteiger partial charge on any atom is -0.496 e. The first-order chi connectivity index (χ1) is 14.8. The molecule has 8 heteroatoms. The molecule has 4 rings (SSSR count). The van der Waals surface area contributed by atoms with E-state index in [1.165, 1.54) is 0 Å². The van der Waals surface area contributed by atoms with Crippen LogP contribution in [-0.4, -0.2) is 60.2 Å². The first-order valence-electron chi connectivity index (χ1n) is 10.3. The molecule has 31 heavy (non-hydrogen) atoms. The fourth-order valence-electron chi connectivity index (χ4n) is 4.22. The number of ether oxygens (including phenoxy) is 2. The van der Waals surface area contributed by atoms with Gasteiger partial charge < -0.3 is 24.3 Å². The van der Waals surface area contributed by atoms with E-state index in [4.69, 9.17) is 9.47 Å². The van der Waals surface area contributed by atoms with Gasteiger partial charge in [0.1, 0.15) is 17.1 Å². The van der Waals surface area contributed by atoms with Crippen molar-refractivity contribution in [1.82, 2.24) is 19.4 Å². The van der Waals surface area contributed by atoms with Crippen LogP contribution in [0.2, 0.25) is 0 Å². The van der Waals surface area contributed by atoms with Gasteiger partial charge in [0.25, 0.3) is 0 Å². The van der Waals surface area contributed by atoms with Crippen molar-refractivity contribution in [3.05, 3.63) is 30.1 Å². The third-order valence-corrected chi connectivity index (χ3v) is 5.87. The Labute approximate surface area is 182 Å². The summed E-state index contributed by atoms with van der Waals surface area (Å²) >= 11 is 0. The summed E-state index contributed by atoms with van der Waals surface area (Å²) < 4.78 is 13.2. The molecule has 3 aromatic heterocycles. The number of amides is 1. The molecule has 8 nitrogen and oxygen atoms in total. The molecule has 0 unspecified atom stereocenters. The molecule has 0 aliphatic heterocycles. The molecule has 0 radical (unpaired) electrons. The lowest BCUT2D eigenvalue weighted by molar-refractivity contribution is -0.117. The van der Waals surface area contributed by atoms with Crippen molar-refractivity contribution in [2.45, 2.75) is 13.3 Å². The summed E-state index contributed by atoms with van der Waals surface area (Å²) in [5.41, 5.74) is 3.55. The van der Waals surface area contributed by atoms with E-state index in [2.05, 4.69) is 20.2 Å². The van der Waals surface area contributed by atoms with Crippen LogP contribution in [0.25, 0.3) is 22.2 Å². The number of pyridine rings is 2. The van der Waals surface area contributed by atoms with Gasteiger partial charge >= 0.3 is 0 Å². The zero-order chi connectivity index (χ0) is 22.3. The van der Waals surface area contributed by atoms with Gasteiger partial charge in [-0.15, -0.1) is 0 Å². The fourth-order valence-corrected chi connectivity index (χ4v) is 4.22. The average Bonchev–Trinajstić information content (AvgIpc) is 3.42. The van der Waals surface area contributed by atoms with Crippen LogP contribution in [0, 0.1) is 18.8 Å². The molecule has 0 saturated heterocycles. The maximum Gasteiger partial charge on any atom is 0.228 e. The maximum absolute atomic E-state index is 12.6. The van der Waals surface area contributed by atoms with Crippen LogP contribution in [0.5, 0.6) is 11.6 Å². The Kier molecular flexibility index (Phi) is 5.58. The molecule has 3 heterocycles. The molecule has 0 spiro atoms. The number of anilines is 1. The third kappa shape index (κ3) is 3.95. The second-order valence-electron chi connectivity index (χ2n) is 8.43. The molecule has 1 saturated carbocycles. The quantitative estimate of drug-likeness (QED) is 0.629. The molecule has 0 bridgehead atoms. The first kappa shape index (κ1) is 21.1. The van der Waals surface area contributed by atoms with Crippen LogP contribution in [0.1, 0.15) is 12.0 Å². The van der Waals surface area contributed by atoms with Gasteiger partial charge in [-0.2, -0.15) is 0 Å². The summed E-state index contributed by atoms with van der Waals surface area (Å²) in [5, 5.41) is 3.95. The molecule has 3 aromatic rings. The van der Waals surface area contributed by atoms with E-state index in [0.29, 0.717) is 17.6 Å². The van der Waals surface area contributed by atoms with Crippen LogP contribution in [-0.2, 0) is 11.8 Å². The zero-order valence-corrected chi connectivity index (χ0v) is 18.9. The fraction of sp³-hybridized carbons (Fsp3) is 0.435. The SMILES string of the molecule is COc1ncc(C)c(OC)c1-c1cc2cc(NC(=O)[C@H]3C[C@@H]3CN(C)C)ncc2n1C. The number of carbonyl (C=O) groups excluding carboxylic acids is 1. The Morgan fingerprint density at radius 1 is 1.23 bits per heavy atom. The minimum absolute atomic E-state index is 0.0427. The van der Waals surface area contributed by atoms with E-state index in [9.17, 15) is 4.79 Å². The smallest absolute Gasteiger partial charge is 0.228 e. The summed E-state index contributed by atoms with van der Waals surface area (Å²) in [7, 11) is 9.27. The lowest BCUT2D eigenvalue weighted by Crippen LogP contribution is -2.20. The number of aryl methyl sites for hydroxylation is 2. The lowest BCUT2D eigenvalue weighted by atomic mass is 10.1. The topological polar surface area (TPSA) is 81.5 Å². The van der Waals surface area contributed by atoms with Crippen molar-refractivity contribution in [1.29, 1.82) is 0 Å². The van der Waals surface area contributed by atoms with Crippen molar-refractivity contribution in [2.24, 2.45) is 18.9 Å². The Bertz CT molecular complexity index is 1140. The van der Waals surface area contributed by atoms with Crippen molar-refractivity contribution >= 4 is 22.6 Å². The van der Waals surface area contributed by atoms with Crippen LogP contribution < -0.4 is 14.8 Å². The van der Waals surface area contributed by atoms with E-state index in [0.717, 1.165) is 46.4 Å². The number of aromatic nitrogens is 3. The third-order valence-electron chi connectivity index (χ3n) is 5.87. The average molecular weight is 424 g/mol. The highest BCUT2D eigenvalue weighted by atomic mass is 16.5. The van der Waals surface area contributed by atoms with E-state index in [1.54, 1.807) is 26.6 Å². The highest BCUT2D eigenvalue weighted by Crippen LogP contribution is 2.42. The number of rotatable bonds is 7. The first-order valence-corrected chi connectivity index (χ1v) is 10.3. The number of methoxy groups -OCH3 is 2. The molecule has 1 aliphatic carbocycles. The monoisotopic (exact) mass is 423 g/mol. The number of nitrogens with one attached hydrogen (secondary N) is 1. The van der Waals surface area contributed by atoms with Crippen LogP contribution >= 0.6 is 0 Å². The van der Waals surface area contributed by atoms with E-state index in [1.807, 2.05) is 44.8 Å². The van der Waals surface area contributed by atoms with Gasteiger partial charge in [-0.1, -0.05) is 0 Å². The van der Waals surface area contributed by atoms with Gasteiger partial charge in [-0.05, 0) is 45.5 Å². The number of carbonyl (C=O) groups is 1. The summed E-state index contributed by atoms with van der Waals surface area (Å²) in [4.78, 5) is 23.6. The number of fused-ring (bicyclic) bond motifs is 1. The zero-order valence-electron chi connectivity index (χ0n) is 18.9. The van der Waals surface area contributed by atoms with Crippen molar-refractivity contribution in [3.8, 4) is 22.9 Å². The number of hydrogen-bond acceptors (Lipinski definition) is 6. The largest absolute Gasteiger partial charge is 0.496 e. The van der Waals surface area contributed by atoms with Gasteiger partial charge in [0.15, 0.2) is 0 Å². The van der Waals surface area contributed by atoms with Crippen molar-refractivity contribution in [2.75, 3.05) is 40.2 Å². The van der Waals surface area contributed by atoms with Crippen LogP contribution in [0.4, 0.5) is 5.82 Å². The Morgan fingerprint density at radius 3 is 2.68 bits per heavy atom. The second-order valence-corrected chi connectivity index (χ2v) is 8.43. The number of hydrogen-bond donors (Lipinski definition) is 1. The minimum atomic E-state index is 0.0427. The summed E-state index contributed by atoms with van der Waals surface area (Å²) in [6.07, 6.45) is 4.45. The van der Waals surface area contributed by atoms with Gasteiger partial charge in [0.2, 0.25) is 11.8 Å². The van der Waals surface area contributed by atoms with Gasteiger partial charge in [0, 0.05) is 36.7 Å². The summed E-state index contributed by atoms with van der Waals surface area (Å²) in [6.45, 7) is 2.88. The normalized spacial score (nSPS) is 17.8. The summed E-state index contributed by atoms with van der Waals surface area (Å²) in [5.74, 6) is 2.32. The van der Waals surface area contributed by atoms with Gasteiger partial charge in [0.05, 0.1) is 31.6 Å². The molecule has 164 valence electrons. The van der Waals surface area contributed by atoms with E-state index >= 15 is 0 Å². The van der Waals surface area contributed by atoms with E-state index < -0.39 is 0 Å². The molecule has 2 atom stereocenters. The molecule has 1 aliphatic rings. The standard InChI is InChI=1S/C23H29N5O3/c1-13-10-25-23(31-6)20(21(13)30-5)17-8-14-9-19(24-11-18(14)28(17)4)26-22(29)16-7-15(16)12-27(2)3/h8-11,15-16H,7,12H2,1-6H3,(H,24,26,29)/t15-,16+/m1/s1. The number of nitrogens with zero attached hydrogens (tertiary/aromatic N) is 4. The molecule has 1 N–H and O–H groups in total. The van der Waals surface area contributed by atoms with Crippen molar-refractivity contribution in [3.63, 3.8) is 0 Å². The maximum atomic E-state index is 12.6.